The standard InChI is InChI=1S/C15H26N2O3S/c1-5-16-11-14-7-6-8-15(13(14)3)21(18,19)17-12(2)9-10-20-4/h6-8,12,16-17H,5,9-11H2,1-4H3. The zero-order chi connectivity index (χ0) is 15.9. The van der Waals surface area contributed by atoms with E-state index in [0.29, 0.717) is 24.5 Å². The van der Waals surface area contributed by atoms with Gasteiger partial charge in [-0.2, -0.15) is 0 Å². The first-order valence-electron chi connectivity index (χ1n) is 7.22. The number of hydrogen-bond acceptors (Lipinski definition) is 4. The smallest absolute Gasteiger partial charge is 0.241 e. The van der Waals surface area contributed by atoms with Gasteiger partial charge in [0.2, 0.25) is 10.0 Å². The number of nitrogens with one attached hydrogen (secondary N) is 2. The Morgan fingerprint density at radius 3 is 2.67 bits per heavy atom. The Kier molecular flexibility index (Phi) is 7.31. The molecule has 21 heavy (non-hydrogen) atoms. The Morgan fingerprint density at radius 1 is 1.33 bits per heavy atom. The fraction of sp³-hybridized carbons (Fsp3) is 0.600. The predicted octanol–water partition coefficient (Wildman–Crippen LogP) is 1.81. The van der Waals surface area contributed by atoms with E-state index in [0.717, 1.165) is 17.7 Å². The molecule has 0 aliphatic rings. The lowest BCUT2D eigenvalue weighted by molar-refractivity contribution is 0.188. The maximum atomic E-state index is 12.5. The van der Waals surface area contributed by atoms with E-state index >= 15 is 0 Å². The van der Waals surface area contributed by atoms with Gasteiger partial charge in [-0.05, 0) is 44.0 Å². The third-order valence-corrected chi connectivity index (χ3v) is 5.10. The molecule has 0 saturated carbocycles. The summed E-state index contributed by atoms with van der Waals surface area (Å²) >= 11 is 0. The Bertz CT molecular complexity index is 544. The van der Waals surface area contributed by atoms with E-state index in [1.807, 2.05) is 26.8 Å². The van der Waals surface area contributed by atoms with Gasteiger partial charge in [-0.15, -0.1) is 0 Å². The number of benzene rings is 1. The van der Waals surface area contributed by atoms with E-state index in [9.17, 15) is 8.42 Å². The molecule has 2 N–H and O–H groups in total. The third-order valence-electron chi connectivity index (χ3n) is 3.36. The molecule has 0 aromatic heterocycles. The van der Waals surface area contributed by atoms with E-state index in [1.165, 1.54) is 0 Å². The Hall–Kier alpha value is -0.950. The van der Waals surface area contributed by atoms with Gasteiger partial charge < -0.3 is 10.1 Å². The summed E-state index contributed by atoms with van der Waals surface area (Å²) in [6, 6.07) is 5.22. The van der Waals surface area contributed by atoms with Crippen LogP contribution in [0.15, 0.2) is 23.1 Å². The minimum Gasteiger partial charge on any atom is -0.385 e. The Labute approximate surface area is 128 Å². The lowest BCUT2D eigenvalue weighted by Crippen LogP contribution is -2.34. The van der Waals surface area contributed by atoms with E-state index in [-0.39, 0.29) is 6.04 Å². The summed E-state index contributed by atoms with van der Waals surface area (Å²) in [7, 11) is -1.89. The molecule has 1 rings (SSSR count). The zero-order valence-corrected chi connectivity index (χ0v) is 14.1. The maximum Gasteiger partial charge on any atom is 0.241 e. The first kappa shape index (κ1) is 18.1. The summed E-state index contributed by atoms with van der Waals surface area (Å²) in [6.07, 6.45) is 0.645. The summed E-state index contributed by atoms with van der Waals surface area (Å²) < 4.78 is 32.6. The third kappa shape index (κ3) is 5.39. The molecule has 1 unspecified atom stereocenters. The molecule has 0 aliphatic heterocycles. The van der Waals surface area contributed by atoms with Crippen LogP contribution >= 0.6 is 0 Å². The highest BCUT2D eigenvalue weighted by Crippen LogP contribution is 2.19. The van der Waals surface area contributed by atoms with Crippen LogP contribution in [-0.4, -0.2) is 34.7 Å². The number of sulfonamides is 1. The Balaban J connectivity index is 2.92. The van der Waals surface area contributed by atoms with Crippen LogP contribution in [0, 0.1) is 6.92 Å². The molecule has 1 aromatic carbocycles. The van der Waals surface area contributed by atoms with Crippen molar-refractivity contribution in [1.82, 2.24) is 10.0 Å². The van der Waals surface area contributed by atoms with Crippen molar-refractivity contribution in [3.8, 4) is 0 Å². The highest BCUT2D eigenvalue weighted by molar-refractivity contribution is 7.89. The SMILES string of the molecule is CCNCc1cccc(S(=O)(=O)NC(C)CCOC)c1C. The second-order valence-corrected chi connectivity index (χ2v) is 6.81. The molecule has 5 nitrogen and oxygen atoms in total. The molecular weight excluding hydrogens is 288 g/mol. The molecule has 0 aliphatic carbocycles. The summed E-state index contributed by atoms with van der Waals surface area (Å²) in [5, 5.41) is 3.22. The molecule has 1 atom stereocenters. The van der Waals surface area contributed by atoms with Crippen LogP contribution in [0.25, 0.3) is 0 Å². The molecule has 0 radical (unpaired) electrons. The molecule has 0 spiro atoms. The van der Waals surface area contributed by atoms with Crippen molar-refractivity contribution in [3.63, 3.8) is 0 Å². The van der Waals surface area contributed by atoms with Crippen LogP contribution in [0.4, 0.5) is 0 Å². The van der Waals surface area contributed by atoms with Crippen molar-refractivity contribution >= 4 is 10.0 Å². The largest absolute Gasteiger partial charge is 0.385 e. The molecule has 0 amide bonds. The zero-order valence-electron chi connectivity index (χ0n) is 13.3. The van der Waals surface area contributed by atoms with Crippen molar-refractivity contribution in [2.75, 3.05) is 20.3 Å². The van der Waals surface area contributed by atoms with Crippen molar-refractivity contribution < 1.29 is 13.2 Å². The topological polar surface area (TPSA) is 67.4 Å². The van der Waals surface area contributed by atoms with Crippen LogP contribution in [0.3, 0.4) is 0 Å². The van der Waals surface area contributed by atoms with Crippen LogP contribution in [-0.2, 0) is 21.3 Å². The van der Waals surface area contributed by atoms with Crippen molar-refractivity contribution in [2.24, 2.45) is 0 Å². The molecule has 0 heterocycles. The van der Waals surface area contributed by atoms with Gasteiger partial charge in [-0.1, -0.05) is 19.1 Å². The van der Waals surface area contributed by atoms with Crippen LogP contribution in [0.5, 0.6) is 0 Å². The van der Waals surface area contributed by atoms with Gasteiger partial charge in [0, 0.05) is 26.3 Å². The second-order valence-electron chi connectivity index (χ2n) is 5.12. The second kappa shape index (κ2) is 8.48. The van der Waals surface area contributed by atoms with Gasteiger partial charge in [0.15, 0.2) is 0 Å². The molecular formula is C15H26N2O3S. The summed E-state index contributed by atoms with van der Waals surface area (Å²) in [4.78, 5) is 0.349. The number of hydrogen-bond donors (Lipinski definition) is 2. The fourth-order valence-corrected chi connectivity index (χ4v) is 3.65. The normalized spacial score (nSPS) is 13.3. The van der Waals surface area contributed by atoms with Crippen LogP contribution in [0.2, 0.25) is 0 Å². The highest BCUT2D eigenvalue weighted by atomic mass is 32.2. The van der Waals surface area contributed by atoms with E-state index in [2.05, 4.69) is 10.0 Å². The van der Waals surface area contributed by atoms with Crippen molar-refractivity contribution in [1.29, 1.82) is 0 Å². The van der Waals surface area contributed by atoms with Gasteiger partial charge in [-0.25, -0.2) is 13.1 Å². The minimum atomic E-state index is -3.50. The fourth-order valence-electron chi connectivity index (χ4n) is 2.08. The summed E-state index contributed by atoms with van der Waals surface area (Å²) in [5.74, 6) is 0. The molecule has 0 bridgehead atoms. The number of rotatable bonds is 9. The molecule has 120 valence electrons. The van der Waals surface area contributed by atoms with Crippen molar-refractivity contribution in [3.05, 3.63) is 29.3 Å². The van der Waals surface area contributed by atoms with Crippen molar-refractivity contribution in [2.45, 2.75) is 44.7 Å². The first-order valence-corrected chi connectivity index (χ1v) is 8.71. The molecule has 6 heteroatoms. The van der Waals surface area contributed by atoms with Crippen LogP contribution in [0.1, 0.15) is 31.4 Å². The molecule has 1 aromatic rings. The highest BCUT2D eigenvalue weighted by Gasteiger charge is 2.20. The van der Waals surface area contributed by atoms with Gasteiger partial charge in [0.25, 0.3) is 0 Å². The van der Waals surface area contributed by atoms with Gasteiger partial charge >= 0.3 is 0 Å². The quantitative estimate of drug-likeness (QED) is 0.729. The predicted molar refractivity (Wildman–Crippen MR) is 84.8 cm³/mol. The lowest BCUT2D eigenvalue weighted by atomic mass is 10.1. The van der Waals surface area contributed by atoms with Gasteiger partial charge in [0.05, 0.1) is 4.90 Å². The minimum absolute atomic E-state index is 0.160. The average Bonchev–Trinajstić information content (AvgIpc) is 2.43. The molecule has 0 saturated heterocycles. The van der Waals surface area contributed by atoms with Crippen LogP contribution < -0.4 is 10.0 Å². The van der Waals surface area contributed by atoms with E-state index < -0.39 is 10.0 Å². The number of methoxy groups -OCH3 is 1. The first-order chi connectivity index (χ1) is 9.92. The summed E-state index contributed by atoms with van der Waals surface area (Å²) in [5.41, 5.74) is 1.80. The van der Waals surface area contributed by atoms with E-state index in [1.54, 1.807) is 19.2 Å². The van der Waals surface area contributed by atoms with Gasteiger partial charge in [0.1, 0.15) is 0 Å². The molecule has 0 fully saturated rings. The lowest BCUT2D eigenvalue weighted by Gasteiger charge is -2.16. The van der Waals surface area contributed by atoms with E-state index in [4.69, 9.17) is 4.74 Å². The average molecular weight is 314 g/mol. The maximum absolute atomic E-state index is 12.5. The number of ether oxygens (including phenoxy) is 1. The Morgan fingerprint density at radius 2 is 2.05 bits per heavy atom. The van der Waals surface area contributed by atoms with Gasteiger partial charge in [-0.3, -0.25) is 0 Å². The summed E-state index contributed by atoms with van der Waals surface area (Å²) in [6.45, 7) is 7.77. The monoisotopic (exact) mass is 314 g/mol.